The third-order valence-electron chi connectivity index (χ3n) is 5.15. The number of alkyl halides is 1. The van der Waals surface area contributed by atoms with Crippen LogP contribution in [0.5, 0.6) is 0 Å². The van der Waals surface area contributed by atoms with Crippen LogP contribution in [0.2, 0.25) is 0 Å². The maximum Gasteiger partial charge on any atom is 0.141 e. The lowest BCUT2D eigenvalue weighted by molar-refractivity contribution is -0.906. The monoisotopic (exact) mass is 448 g/mol. The van der Waals surface area contributed by atoms with Gasteiger partial charge in [0.1, 0.15) is 11.1 Å². The first kappa shape index (κ1) is 24.2. The van der Waals surface area contributed by atoms with Crippen molar-refractivity contribution >= 4 is 22.6 Å². The number of nitrogens with zero attached hydrogens (tertiary/aromatic N) is 1. The van der Waals surface area contributed by atoms with Gasteiger partial charge >= 0.3 is 0 Å². The third-order valence-corrected chi connectivity index (χ3v) is 6.60. The molecule has 0 aromatic heterocycles. The quantitative estimate of drug-likeness (QED) is 0.0514. The van der Waals surface area contributed by atoms with Gasteiger partial charge < -0.3 is 4.48 Å². The van der Waals surface area contributed by atoms with E-state index in [0.29, 0.717) is 0 Å². The zero-order chi connectivity index (χ0) is 17.9. The molecule has 0 saturated carbocycles. The number of unbranched alkanes of at least 4 members (excludes halogenated alkanes) is 12. The van der Waals surface area contributed by atoms with Crippen LogP contribution in [0.25, 0.3) is 0 Å². The number of hydrogen-bond acceptors (Lipinski definition) is 0. The first-order valence-corrected chi connectivity index (χ1v) is 12.1. The van der Waals surface area contributed by atoms with Crippen LogP contribution in [0, 0.1) is 12.3 Å². The Labute approximate surface area is 167 Å². The number of hydrogen-bond donors (Lipinski definition) is 0. The van der Waals surface area contributed by atoms with Crippen molar-refractivity contribution < 1.29 is 4.48 Å². The van der Waals surface area contributed by atoms with Crippen molar-refractivity contribution in [3.63, 3.8) is 0 Å². The van der Waals surface area contributed by atoms with E-state index in [1.165, 1.54) is 108 Å². The third kappa shape index (κ3) is 13.5. The van der Waals surface area contributed by atoms with E-state index in [1.807, 2.05) is 0 Å². The van der Waals surface area contributed by atoms with E-state index in [2.05, 4.69) is 42.4 Å². The van der Waals surface area contributed by atoms with Crippen LogP contribution < -0.4 is 0 Å². The number of quaternary nitrogens is 1. The molecule has 0 unspecified atom stereocenters. The highest BCUT2D eigenvalue weighted by atomic mass is 127. The maximum atomic E-state index is 5.69. The lowest BCUT2D eigenvalue weighted by atomic mass is 10.1. The molecular weight excluding hydrogens is 405 g/mol. The smallest absolute Gasteiger partial charge is 0.141 e. The van der Waals surface area contributed by atoms with E-state index in [-0.39, 0.29) is 0 Å². The van der Waals surface area contributed by atoms with Crippen LogP contribution in [0.1, 0.15) is 104 Å². The highest BCUT2D eigenvalue weighted by molar-refractivity contribution is 14.1. The van der Waals surface area contributed by atoms with Crippen molar-refractivity contribution in [2.75, 3.05) is 24.2 Å². The molecule has 0 spiro atoms. The summed E-state index contributed by atoms with van der Waals surface area (Å²) in [6.45, 7) is 8.08. The van der Waals surface area contributed by atoms with Crippen LogP contribution in [0.3, 0.4) is 0 Å². The molecule has 0 saturated heterocycles. The summed E-state index contributed by atoms with van der Waals surface area (Å²) in [4.78, 5) is 0. The van der Waals surface area contributed by atoms with E-state index >= 15 is 0 Å². The molecule has 0 amide bonds. The number of terminal acetylenes is 1. The van der Waals surface area contributed by atoms with Gasteiger partial charge in [0.2, 0.25) is 0 Å². The highest BCUT2D eigenvalue weighted by Crippen LogP contribution is 2.17. The molecular formula is C22H43IN+. The molecule has 0 aliphatic carbocycles. The summed E-state index contributed by atoms with van der Waals surface area (Å²) in [5.74, 6) is 2.96. The Kier molecular flexibility index (Phi) is 18.2. The van der Waals surface area contributed by atoms with E-state index in [0.717, 1.165) is 11.0 Å². The van der Waals surface area contributed by atoms with Crippen molar-refractivity contribution in [3.8, 4) is 12.3 Å². The van der Waals surface area contributed by atoms with Gasteiger partial charge in [-0.2, -0.15) is 0 Å². The molecule has 0 N–H and O–H groups in total. The van der Waals surface area contributed by atoms with Crippen molar-refractivity contribution in [2.45, 2.75) is 104 Å². The van der Waals surface area contributed by atoms with Gasteiger partial charge in [-0.05, 0) is 54.2 Å². The Morgan fingerprint density at radius 1 is 0.667 bits per heavy atom. The summed E-state index contributed by atoms with van der Waals surface area (Å²) in [7, 11) is 0. The lowest BCUT2D eigenvalue weighted by Gasteiger charge is -2.35. The Hall–Kier alpha value is 0.250. The van der Waals surface area contributed by atoms with Gasteiger partial charge in [-0.25, -0.2) is 0 Å². The maximum absolute atomic E-state index is 5.69. The van der Waals surface area contributed by atoms with E-state index < -0.39 is 0 Å². The minimum atomic E-state index is 0.925. The predicted octanol–water partition coefficient (Wildman–Crippen LogP) is 7.33. The molecule has 0 fully saturated rings. The predicted molar refractivity (Wildman–Crippen MR) is 119 cm³/mol. The zero-order valence-electron chi connectivity index (χ0n) is 16.6. The molecule has 0 aromatic carbocycles. The van der Waals surface area contributed by atoms with Crippen molar-refractivity contribution in [2.24, 2.45) is 0 Å². The van der Waals surface area contributed by atoms with Crippen molar-refractivity contribution in [1.29, 1.82) is 0 Å². The molecule has 0 aliphatic heterocycles. The zero-order valence-corrected chi connectivity index (χ0v) is 18.8. The Morgan fingerprint density at radius 2 is 1.04 bits per heavy atom. The van der Waals surface area contributed by atoms with Crippen molar-refractivity contribution in [1.82, 2.24) is 0 Å². The lowest BCUT2D eigenvalue weighted by Crippen LogP contribution is -2.48. The van der Waals surface area contributed by atoms with Gasteiger partial charge in [0.25, 0.3) is 0 Å². The average molecular weight is 448 g/mol. The molecule has 0 aliphatic rings. The van der Waals surface area contributed by atoms with Gasteiger partial charge in [0.15, 0.2) is 0 Å². The summed E-state index contributed by atoms with van der Waals surface area (Å²) in [6.07, 6.45) is 25.2. The molecule has 0 radical (unpaired) electrons. The first-order chi connectivity index (χ1) is 11.7. The minimum Gasteiger partial charge on any atom is -0.305 e. The number of halogens is 1. The molecule has 0 heterocycles. The fourth-order valence-corrected chi connectivity index (χ4v) is 4.36. The Bertz CT molecular complexity index is 277. The van der Waals surface area contributed by atoms with Crippen molar-refractivity contribution in [3.05, 3.63) is 0 Å². The molecule has 2 heteroatoms. The van der Waals surface area contributed by atoms with Crippen LogP contribution in [-0.4, -0.2) is 28.7 Å². The summed E-state index contributed by atoms with van der Waals surface area (Å²) < 4.78 is 2.33. The normalized spacial score (nSPS) is 11.6. The van der Waals surface area contributed by atoms with Gasteiger partial charge in [-0.15, -0.1) is 6.42 Å². The molecule has 0 bridgehead atoms. The topological polar surface area (TPSA) is 0 Å². The van der Waals surface area contributed by atoms with Gasteiger partial charge in [-0.1, -0.05) is 78.1 Å². The number of rotatable bonds is 18. The largest absolute Gasteiger partial charge is 0.305 e. The van der Waals surface area contributed by atoms with E-state index in [9.17, 15) is 0 Å². The van der Waals surface area contributed by atoms with Gasteiger partial charge in [0, 0.05) is 0 Å². The molecule has 1 nitrogen and oxygen atoms in total. The molecule has 0 aromatic rings. The standard InChI is InChI=1S/C22H43IN/c1-4-7-9-11-13-15-17-20-24(22-23,19-6-3)21-18-16-14-12-10-8-5-2/h3H,4-5,7-22H2,1-2H3/q+1. The summed E-state index contributed by atoms with van der Waals surface area (Å²) in [6, 6.07) is 0. The molecule has 142 valence electrons. The Morgan fingerprint density at radius 3 is 1.38 bits per heavy atom. The second kappa shape index (κ2) is 18.1. The second-order valence-corrected chi connectivity index (χ2v) is 8.20. The van der Waals surface area contributed by atoms with E-state index in [4.69, 9.17) is 6.42 Å². The summed E-state index contributed by atoms with van der Waals surface area (Å²) in [5.41, 5.74) is 0. The fraction of sp³-hybridized carbons (Fsp3) is 0.909. The average Bonchev–Trinajstić information content (AvgIpc) is 2.60. The van der Waals surface area contributed by atoms with Crippen LogP contribution in [-0.2, 0) is 0 Å². The second-order valence-electron chi connectivity index (χ2n) is 7.51. The van der Waals surface area contributed by atoms with Crippen LogP contribution in [0.4, 0.5) is 0 Å². The summed E-state index contributed by atoms with van der Waals surface area (Å²) in [5, 5.41) is 0. The molecule has 24 heavy (non-hydrogen) atoms. The Balaban J connectivity index is 3.93. The summed E-state index contributed by atoms with van der Waals surface area (Å²) >= 11 is 2.56. The SMILES string of the molecule is C#CC[N+](CI)(CCCCCCCCC)CCCCCCCCC. The van der Waals surface area contributed by atoms with Crippen LogP contribution >= 0.6 is 22.6 Å². The fourth-order valence-electron chi connectivity index (χ4n) is 3.43. The van der Waals surface area contributed by atoms with Crippen LogP contribution in [0.15, 0.2) is 0 Å². The van der Waals surface area contributed by atoms with E-state index in [1.54, 1.807) is 0 Å². The van der Waals surface area contributed by atoms with Gasteiger partial charge in [-0.3, -0.25) is 0 Å². The minimum absolute atomic E-state index is 0.925. The highest BCUT2D eigenvalue weighted by Gasteiger charge is 2.23. The van der Waals surface area contributed by atoms with Gasteiger partial charge in [0.05, 0.1) is 13.1 Å². The molecule has 0 rings (SSSR count). The molecule has 0 atom stereocenters. The first-order valence-electron chi connectivity index (χ1n) is 10.6.